The molecule has 0 fully saturated rings. The first-order chi connectivity index (χ1) is 20.4. The van der Waals surface area contributed by atoms with Crippen LogP contribution in [0.3, 0.4) is 0 Å². The van der Waals surface area contributed by atoms with Crippen LogP contribution < -0.4 is 16.5 Å². The van der Waals surface area contributed by atoms with Crippen molar-refractivity contribution in [3.63, 3.8) is 0 Å². The second-order valence-corrected chi connectivity index (χ2v) is 11.1. The molecule has 5 rings (SSSR count). The third-order valence-corrected chi connectivity index (χ3v) is 8.29. The highest BCUT2D eigenvalue weighted by molar-refractivity contribution is 6.25. The number of carbonyl (C=O) groups excluding carboxylic acids is 4. The van der Waals surface area contributed by atoms with Crippen molar-refractivity contribution in [3.8, 4) is 5.75 Å². The number of nitrogens with zero attached hydrogens (tertiary/aromatic N) is 1. The molecule has 3 aliphatic carbocycles. The van der Waals surface area contributed by atoms with Gasteiger partial charge in [-0.05, 0) is 50.0 Å². The quantitative estimate of drug-likeness (QED) is 0.0985. The highest BCUT2D eigenvalue weighted by atomic mass is 16.6. The summed E-state index contributed by atoms with van der Waals surface area (Å²) in [6.07, 6.45) is 0.130. The molecule has 3 aliphatic rings. The van der Waals surface area contributed by atoms with Gasteiger partial charge in [0.1, 0.15) is 23.6 Å². The van der Waals surface area contributed by atoms with Gasteiger partial charge in [0, 0.05) is 11.5 Å². The Kier molecular flexibility index (Phi) is 7.84. The first-order valence-corrected chi connectivity index (χ1v) is 13.6. The van der Waals surface area contributed by atoms with E-state index in [0.717, 1.165) is 5.56 Å². The van der Waals surface area contributed by atoms with Crippen molar-refractivity contribution < 1.29 is 44.4 Å². The molecule has 226 valence electrons. The number of aromatic hydroxyl groups is 1. The first kappa shape index (κ1) is 29.9. The lowest BCUT2D eigenvalue weighted by Gasteiger charge is -2.50. The molecule has 0 saturated carbocycles. The van der Waals surface area contributed by atoms with Crippen LogP contribution in [0.15, 0.2) is 65.1 Å². The van der Waals surface area contributed by atoms with Gasteiger partial charge < -0.3 is 31.5 Å². The fraction of sp³-hybridized carbons (Fsp3) is 0.333. The molecule has 0 aliphatic heterocycles. The maximum absolute atomic E-state index is 13.8. The number of nitrogens with one attached hydrogen (secondary N) is 2. The number of carbonyl (C=O) groups is 4. The minimum atomic E-state index is -2.72. The number of rotatable bonds is 8. The van der Waals surface area contributed by atoms with E-state index in [0.29, 0.717) is 5.56 Å². The number of Topliss-reactive ketones (excluding diaryl/α,β-unsaturated/α-hetero) is 2. The second kappa shape index (κ2) is 11.3. The van der Waals surface area contributed by atoms with Gasteiger partial charge in [0.25, 0.3) is 5.91 Å². The number of hydrogen-bond acceptors (Lipinski definition) is 11. The van der Waals surface area contributed by atoms with Crippen molar-refractivity contribution >= 4 is 29.1 Å². The van der Waals surface area contributed by atoms with Gasteiger partial charge in [0.2, 0.25) is 11.7 Å². The Morgan fingerprint density at radius 1 is 1.09 bits per heavy atom. The number of hydroxylamine groups is 1. The Balaban J connectivity index is 1.41. The summed E-state index contributed by atoms with van der Waals surface area (Å²) >= 11 is 0. The van der Waals surface area contributed by atoms with Crippen LogP contribution in [-0.4, -0.2) is 81.0 Å². The van der Waals surface area contributed by atoms with Gasteiger partial charge in [-0.15, -0.1) is 0 Å². The third-order valence-electron chi connectivity index (χ3n) is 8.29. The van der Waals surface area contributed by atoms with Gasteiger partial charge in [0.05, 0.1) is 23.9 Å². The van der Waals surface area contributed by atoms with Gasteiger partial charge in [-0.1, -0.05) is 36.4 Å². The zero-order valence-corrected chi connectivity index (χ0v) is 23.5. The summed E-state index contributed by atoms with van der Waals surface area (Å²) in [5.41, 5.74) is 5.04. The van der Waals surface area contributed by atoms with Crippen molar-refractivity contribution in [1.82, 2.24) is 10.4 Å². The topological polar surface area (TPSA) is 212 Å². The molecule has 13 heteroatoms. The molecular weight excluding hydrogens is 560 g/mol. The summed E-state index contributed by atoms with van der Waals surface area (Å²) in [5.74, 6) is -7.95. The zero-order valence-electron chi connectivity index (χ0n) is 23.5. The number of hydrogen-bond donors (Lipinski definition) is 7. The number of amides is 2. The average molecular weight is 593 g/mol. The number of likely N-dealkylation sites (N-methyl/N-ethyl adjacent to an activating group) is 1. The Morgan fingerprint density at radius 3 is 2.44 bits per heavy atom. The third kappa shape index (κ3) is 4.95. The van der Waals surface area contributed by atoms with Crippen LogP contribution in [0.5, 0.6) is 5.75 Å². The smallest absolute Gasteiger partial charge is 0.255 e. The standard InChI is InChI=1S/C30H32N4O9/c1-34(2)23-17-11-16-10-15-8-9-18(33-19(35)12-32-43-13-14-6-4-3-5-7-14)24(36)20(15)25(37)21(16)27(39)30(17,42)28(40)22(26(23)38)29(31)41/h3-9,16-17,23,32,36,38-39,42H,10-13H2,1-2H3,(H2,31,41)(H,33,35)/t16?,17?,23-,30?/m0/s1. The number of aliphatic hydroxyl groups excluding tert-OH is 2. The SMILES string of the molecule is CN(C)[C@@H]1C(O)=C(C(N)=O)C(=O)C2(O)C(O)=C3C(=O)c4c(ccc(NC(=O)CNOCc5ccccc5)c4O)CC3CC12. The molecule has 13 nitrogen and oxygen atoms in total. The summed E-state index contributed by atoms with van der Waals surface area (Å²) in [4.78, 5) is 58.5. The maximum atomic E-state index is 13.8. The van der Waals surface area contributed by atoms with Crippen molar-refractivity contribution in [1.29, 1.82) is 0 Å². The average Bonchev–Trinajstić information content (AvgIpc) is 2.95. The normalized spacial score (nSPS) is 24.9. The number of benzene rings is 2. The summed E-state index contributed by atoms with van der Waals surface area (Å²) in [7, 11) is 3.12. The molecule has 43 heavy (non-hydrogen) atoms. The van der Waals surface area contributed by atoms with Gasteiger partial charge in [-0.2, -0.15) is 5.48 Å². The Hall–Kier alpha value is -4.56. The van der Waals surface area contributed by atoms with Gasteiger partial charge in [-0.3, -0.25) is 28.9 Å². The zero-order chi connectivity index (χ0) is 31.2. The van der Waals surface area contributed by atoms with Crippen LogP contribution in [0.4, 0.5) is 5.69 Å². The highest BCUT2D eigenvalue weighted by Crippen LogP contribution is 2.52. The number of phenols is 1. The summed E-state index contributed by atoms with van der Waals surface area (Å²) in [5, 5.41) is 47.4. The molecule has 2 aromatic rings. The van der Waals surface area contributed by atoms with Gasteiger partial charge in [-0.25, -0.2) is 0 Å². The van der Waals surface area contributed by atoms with Crippen LogP contribution in [-0.2, 0) is 32.2 Å². The van der Waals surface area contributed by atoms with Crippen molar-refractivity contribution in [2.24, 2.45) is 17.6 Å². The lowest BCUT2D eigenvalue weighted by Crippen LogP contribution is -2.63. The Morgan fingerprint density at radius 2 is 1.79 bits per heavy atom. The predicted molar refractivity (Wildman–Crippen MR) is 152 cm³/mol. The van der Waals surface area contributed by atoms with E-state index in [9.17, 15) is 39.6 Å². The Labute approximate surface area is 246 Å². The number of ketones is 2. The number of fused-ring (bicyclic) bond motifs is 3. The molecule has 3 unspecified atom stereocenters. The molecular formula is C30H32N4O9. The van der Waals surface area contributed by atoms with E-state index in [4.69, 9.17) is 10.6 Å². The molecule has 0 aromatic heterocycles. The fourth-order valence-corrected chi connectivity index (χ4v) is 6.35. The van der Waals surface area contributed by atoms with E-state index in [1.165, 1.54) is 11.0 Å². The van der Waals surface area contributed by atoms with E-state index in [-0.39, 0.29) is 42.8 Å². The molecule has 0 heterocycles. The maximum Gasteiger partial charge on any atom is 0.255 e. The lowest BCUT2D eigenvalue weighted by molar-refractivity contribution is -0.148. The van der Waals surface area contributed by atoms with E-state index in [1.807, 2.05) is 30.3 Å². The molecule has 0 radical (unpaired) electrons. The second-order valence-electron chi connectivity index (χ2n) is 11.1. The lowest BCUT2D eigenvalue weighted by atomic mass is 9.58. The van der Waals surface area contributed by atoms with E-state index in [1.54, 1.807) is 20.2 Å². The molecule has 0 spiro atoms. The summed E-state index contributed by atoms with van der Waals surface area (Å²) < 4.78 is 0. The monoisotopic (exact) mass is 592 g/mol. The van der Waals surface area contributed by atoms with Crippen molar-refractivity contribution in [2.45, 2.75) is 31.1 Å². The Bertz CT molecular complexity index is 1580. The van der Waals surface area contributed by atoms with Crippen LogP contribution >= 0.6 is 0 Å². The number of aliphatic hydroxyl groups is 3. The molecule has 0 bridgehead atoms. The number of primary amides is 1. The highest BCUT2D eigenvalue weighted by Gasteiger charge is 2.63. The van der Waals surface area contributed by atoms with Crippen LogP contribution in [0.25, 0.3) is 0 Å². The predicted octanol–water partition coefficient (Wildman–Crippen LogP) is 0.781. The number of anilines is 1. The molecule has 0 saturated heterocycles. The summed E-state index contributed by atoms with van der Waals surface area (Å²) in [6, 6.07) is 11.2. The minimum absolute atomic E-state index is 0.0142. The summed E-state index contributed by atoms with van der Waals surface area (Å²) in [6.45, 7) is -0.0503. The van der Waals surface area contributed by atoms with E-state index >= 15 is 0 Å². The van der Waals surface area contributed by atoms with E-state index in [2.05, 4.69) is 10.8 Å². The molecule has 8 N–H and O–H groups in total. The van der Waals surface area contributed by atoms with E-state index < -0.39 is 69.7 Å². The van der Waals surface area contributed by atoms with Gasteiger partial charge >= 0.3 is 0 Å². The van der Waals surface area contributed by atoms with Crippen LogP contribution in [0.1, 0.15) is 27.9 Å². The van der Waals surface area contributed by atoms with Crippen LogP contribution in [0.2, 0.25) is 0 Å². The molecule has 2 amide bonds. The number of phenolic OH excluding ortho intramolecular Hbond substituents is 1. The number of nitrogens with two attached hydrogens (primary N) is 1. The first-order valence-electron chi connectivity index (χ1n) is 13.6. The minimum Gasteiger partial charge on any atom is -0.510 e. The van der Waals surface area contributed by atoms with Crippen molar-refractivity contribution in [3.05, 3.63) is 81.8 Å². The largest absolute Gasteiger partial charge is 0.510 e. The molecule has 4 atom stereocenters. The molecule has 2 aromatic carbocycles. The van der Waals surface area contributed by atoms with Crippen molar-refractivity contribution in [2.75, 3.05) is 26.0 Å². The van der Waals surface area contributed by atoms with Crippen LogP contribution in [0, 0.1) is 11.8 Å². The number of allylic oxidation sites excluding steroid dienone is 1. The fourth-order valence-electron chi connectivity index (χ4n) is 6.35. The van der Waals surface area contributed by atoms with Gasteiger partial charge in [0.15, 0.2) is 17.1 Å².